The van der Waals surface area contributed by atoms with Crippen LogP contribution in [0.3, 0.4) is 0 Å². The average molecular weight is 230 g/mol. The molecule has 86 valence electrons. The molecule has 0 spiro atoms. The Labute approximate surface area is 96.8 Å². The minimum Gasteiger partial charge on any atom is -0.317 e. The summed E-state index contributed by atoms with van der Waals surface area (Å²) in [7, 11) is 3.94. The second-order valence-electron chi connectivity index (χ2n) is 3.91. The summed E-state index contributed by atoms with van der Waals surface area (Å²) in [5.41, 5.74) is 2.15. The van der Waals surface area contributed by atoms with Crippen LogP contribution < -0.4 is 5.32 Å². The molecule has 0 aliphatic carbocycles. The molecule has 3 nitrogen and oxygen atoms in total. The van der Waals surface area contributed by atoms with E-state index in [0.29, 0.717) is 6.04 Å². The monoisotopic (exact) mass is 229 g/mol. The molecule has 1 heterocycles. The van der Waals surface area contributed by atoms with Gasteiger partial charge in [0.2, 0.25) is 0 Å². The molecule has 15 heavy (non-hydrogen) atoms. The molecule has 0 radical (unpaired) electrons. The summed E-state index contributed by atoms with van der Waals surface area (Å²) in [6.45, 7) is 4.25. The second-order valence-corrected chi connectivity index (χ2v) is 4.29. The van der Waals surface area contributed by atoms with Crippen molar-refractivity contribution in [1.29, 1.82) is 0 Å². The van der Waals surface area contributed by atoms with Gasteiger partial charge in [-0.1, -0.05) is 18.5 Å². The molecule has 0 bridgehead atoms. The van der Waals surface area contributed by atoms with Crippen LogP contribution in [0.4, 0.5) is 0 Å². The molecule has 0 amide bonds. The van der Waals surface area contributed by atoms with Gasteiger partial charge in [-0.05, 0) is 33.2 Å². The Hall–Kier alpha value is -0.540. The lowest BCUT2D eigenvalue weighted by molar-refractivity contribution is 0.550. The van der Waals surface area contributed by atoms with E-state index in [2.05, 4.69) is 24.3 Å². The molecule has 1 rings (SSSR count). The van der Waals surface area contributed by atoms with Crippen LogP contribution in [0, 0.1) is 0 Å². The van der Waals surface area contributed by atoms with Crippen LogP contribution in [0.5, 0.6) is 0 Å². The zero-order valence-electron chi connectivity index (χ0n) is 9.97. The van der Waals surface area contributed by atoms with Gasteiger partial charge < -0.3 is 5.32 Å². The van der Waals surface area contributed by atoms with Gasteiger partial charge in [0.25, 0.3) is 0 Å². The van der Waals surface area contributed by atoms with Gasteiger partial charge in [-0.25, -0.2) is 0 Å². The normalized spacial score (nSPS) is 13.1. The van der Waals surface area contributed by atoms with Gasteiger partial charge in [-0.3, -0.25) is 4.68 Å². The SMILES string of the molecule is CCc1nn(C)c(CCC(C)NC)c1Cl. The van der Waals surface area contributed by atoms with E-state index in [1.165, 1.54) is 0 Å². The van der Waals surface area contributed by atoms with Crippen LogP contribution in [-0.4, -0.2) is 22.9 Å². The molecule has 0 saturated heterocycles. The third-order valence-electron chi connectivity index (χ3n) is 2.81. The smallest absolute Gasteiger partial charge is 0.0849 e. The van der Waals surface area contributed by atoms with Crippen LogP contribution in [0.25, 0.3) is 0 Å². The highest BCUT2D eigenvalue weighted by atomic mass is 35.5. The zero-order chi connectivity index (χ0) is 11.4. The summed E-state index contributed by atoms with van der Waals surface area (Å²) in [6, 6.07) is 0.515. The number of rotatable bonds is 5. The molecule has 4 heteroatoms. The Kier molecular flexibility index (Phi) is 4.61. The summed E-state index contributed by atoms with van der Waals surface area (Å²) < 4.78 is 1.91. The van der Waals surface area contributed by atoms with Crippen molar-refractivity contribution < 1.29 is 0 Å². The van der Waals surface area contributed by atoms with E-state index in [1.807, 2.05) is 18.8 Å². The molecule has 1 atom stereocenters. The fourth-order valence-electron chi connectivity index (χ4n) is 1.59. The molecular weight excluding hydrogens is 210 g/mol. The number of nitrogens with one attached hydrogen (secondary N) is 1. The fourth-order valence-corrected chi connectivity index (χ4v) is 1.98. The highest BCUT2D eigenvalue weighted by Gasteiger charge is 2.13. The lowest BCUT2D eigenvalue weighted by atomic mass is 10.1. The van der Waals surface area contributed by atoms with E-state index >= 15 is 0 Å². The standard InChI is InChI=1S/C11H20ClN3/c1-5-9-11(12)10(15(4)14-9)7-6-8(2)13-3/h8,13H,5-7H2,1-4H3. The van der Waals surface area contributed by atoms with Crippen molar-refractivity contribution in [1.82, 2.24) is 15.1 Å². The highest BCUT2D eigenvalue weighted by molar-refractivity contribution is 6.31. The van der Waals surface area contributed by atoms with Crippen molar-refractivity contribution in [2.24, 2.45) is 7.05 Å². The molecular formula is C11H20ClN3. The molecule has 1 unspecified atom stereocenters. The lowest BCUT2D eigenvalue weighted by Crippen LogP contribution is -2.22. The minimum absolute atomic E-state index is 0.515. The zero-order valence-corrected chi connectivity index (χ0v) is 10.7. The van der Waals surface area contributed by atoms with E-state index in [-0.39, 0.29) is 0 Å². The second kappa shape index (κ2) is 5.52. The average Bonchev–Trinajstić information content (AvgIpc) is 2.51. The largest absolute Gasteiger partial charge is 0.317 e. The van der Waals surface area contributed by atoms with Crippen molar-refractivity contribution in [2.75, 3.05) is 7.05 Å². The first-order valence-electron chi connectivity index (χ1n) is 5.47. The Morgan fingerprint density at radius 3 is 2.67 bits per heavy atom. The topological polar surface area (TPSA) is 29.9 Å². The Balaban J connectivity index is 2.72. The van der Waals surface area contributed by atoms with E-state index < -0.39 is 0 Å². The molecule has 0 aliphatic rings. The van der Waals surface area contributed by atoms with Gasteiger partial charge in [0.15, 0.2) is 0 Å². The van der Waals surface area contributed by atoms with Crippen LogP contribution in [0.1, 0.15) is 31.7 Å². The maximum atomic E-state index is 6.25. The van der Waals surface area contributed by atoms with Gasteiger partial charge in [-0.2, -0.15) is 5.10 Å². The quantitative estimate of drug-likeness (QED) is 0.839. The van der Waals surface area contributed by atoms with Gasteiger partial charge in [-0.15, -0.1) is 0 Å². The van der Waals surface area contributed by atoms with Crippen LogP contribution in [-0.2, 0) is 19.9 Å². The molecule has 0 saturated carbocycles. The Morgan fingerprint density at radius 2 is 2.20 bits per heavy atom. The van der Waals surface area contributed by atoms with E-state index in [1.54, 1.807) is 0 Å². The molecule has 0 aromatic carbocycles. The predicted octanol–water partition coefficient (Wildman–Crippen LogP) is 2.18. The maximum Gasteiger partial charge on any atom is 0.0849 e. The number of hydrogen-bond donors (Lipinski definition) is 1. The summed E-state index contributed by atoms with van der Waals surface area (Å²) >= 11 is 6.25. The molecule has 0 fully saturated rings. The molecule has 1 N–H and O–H groups in total. The molecule has 1 aromatic heterocycles. The summed E-state index contributed by atoms with van der Waals surface area (Å²) in [5, 5.41) is 8.47. The molecule has 0 aliphatic heterocycles. The molecule has 1 aromatic rings. The summed E-state index contributed by atoms with van der Waals surface area (Å²) in [5.74, 6) is 0. The van der Waals surface area contributed by atoms with Crippen molar-refractivity contribution in [3.8, 4) is 0 Å². The van der Waals surface area contributed by atoms with Gasteiger partial charge in [0.1, 0.15) is 0 Å². The highest BCUT2D eigenvalue weighted by Crippen LogP contribution is 2.22. The predicted molar refractivity (Wildman–Crippen MR) is 64.4 cm³/mol. The van der Waals surface area contributed by atoms with Crippen molar-refractivity contribution in [3.63, 3.8) is 0 Å². The summed E-state index contributed by atoms with van der Waals surface area (Å²) in [6.07, 6.45) is 2.96. The van der Waals surface area contributed by atoms with Gasteiger partial charge >= 0.3 is 0 Å². The third kappa shape index (κ3) is 2.95. The fraction of sp³-hybridized carbons (Fsp3) is 0.727. The third-order valence-corrected chi connectivity index (χ3v) is 3.25. The number of aryl methyl sites for hydroxylation is 2. The Morgan fingerprint density at radius 1 is 1.53 bits per heavy atom. The number of hydrogen-bond acceptors (Lipinski definition) is 2. The van der Waals surface area contributed by atoms with Crippen LogP contribution in [0.15, 0.2) is 0 Å². The Bertz CT molecular complexity index is 320. The number of nitrogens with zero attached hydrogens (tertiary/aromatic N) is 2. The minimum atomic E-state index is 0.515. The summed E-state index contributed by atoms with van der Waals surface area (Å²) in [4.78, 5) is 0. The lowest BCUT2D eigenvalue weighted by Gasteiger charge is -2.09. The first kappa shape index (κ1) is 12.5. The van der Waals surface area contributed by atoms with Crippen molar-refractivity contribution in [3.05, 3.63) is 16.4 Å². The first-order valence-corrected chi connectivity index (χ1v) is 5.85. The number of aromatic nitrogens is 2. The van der Waals surface area contributed by atoms with Crippen molar-refractivity contribution >= 4 is 11.6 Å². The van der Waals surface area contributed by atoms with E-state index in [4.69, 9.17) is 11.6 Å². The number of halogens is 1. The first-order chi connectivity index (χ1) is 7.10. The van der Waals surface area contributed by atoms with Gasteiger partial charge in [0.05, 0.1) is 16.4 Å². The van der Waals surface area contributed by atoms with E-state index in [0.717, 1.165) is 35.7 Å². The van der Waals surface area contributed by atoms with Crippen LogP contribution in [0.2, 0.25) is 5.02 Å². The van der Waals surface area contributed by atoms with Gasteiger partial charge in [0, 0.05) is 13.1 Å². The van der Waals surface area contributed by atoms with E-state index in [9.17, 15) is 0 Å². The maximum absolute atomic E-state index is 6.25. The van der Waals surface area contributed by atoms with Crippen molar-refractivity contribution in [2.45, 2.75) is 39.2 Å². The van der Waals surface area contributed by atoms with Crippen LogP contribution >= 0.6 is 11.6 Å².